The minimum Gasteiger partial charge on any atom is -0.370 e. The number of thiocarbonyl (C=S) groups is 1. The number of rotatable bonds is 6. The fourth-order valence-electron chi connectivity index (χ4n) is 1.93. The third-order valence-electron chi connectivity index (χ3n) is 3.31. The first kappa shape index (κ1) is 15.4. The minimum atomic E-state index is -0.385. The van der Waals surface area contributed by atoms with E-state index in [0.717, 1.165) is 18.4 Å². The summed E-state index contributed by atoms with van der Waals surface area (Å²) in [5.41, 5.74) is 6.26. The van der Waals surface area contributed by atoms with E-state index in [1.807, 2.05) is 30.3 Å². The van der Waals surface area contributed by atoms with Crippen molar-refractivity contribution < 1.29 is 9.59 Å². The van der Waals surface area contributed by atoms with E-state index in [2.05, 4.69) is 5.32 Å². The van der Waals surface area contributed by atoms with Crippen LogP contribution < -0.4 is 11.1 Å². The number of amides is 2. The molecule has 3 N–H and O–H groups in total. The molecule has 112 valence electrons. The Kier molecular flexibility index (Phi) is 5.27. The second-order valence-corrected chi connectivity index (χ2v) is 5.58. The zero-order valence-corrected chi connectivity index (χ0v) is 12.6. The highest BCUT2D eigenvalue weighted by atomic mass is 32.1. The van der Waals surface area contributed by atoms with Gasteiger partial charge in [-0.25, -0.2) is 0 Å². The van der Waals surface area contributed by atoms with Crippen LogP contribution in [0.25, 0.3) is 0 Å². The second-order valence-electron chi connectivity index (χ2n) is 5.19. The first-order valence-electron chi connectivity index (χ1n) is 6.98. The highest BCUT2D eigenvalue weighted by Gasteiger charge is 2.30. The van der Waals surface area contributed by atoms with Crippen molar-refractivity contribution in [3.05, 3.63) is 35.9 Å². The van der Waals surface area contributed by atoms with Crippen molar-refractivity contribution in [2.75, 3.05) is 6.54 Å². The number of primary amides is 1. The van der Waals surface area contributed by atoms with Gasteiger partial charge in [0.05, 0.1) is 0 Å². The molecule has 1 aliphatic carbocycles. The average Bonchev–Trinajstić information content (AvgIpc) is 3.28. The van der Waals surface area contributed by atoms with Crippen molar-refractivity contribution in [3.63, 3.8) is 0 Å². The Morgan fingerprint density at radius 2 is 1.95 bits per heavy atom. The van der Waals surface area contributed by atoms with E-state index in [1.165, 1.54) is 0 Å². The topological polar surface area (TPSA) is 75.4 Å². The summed E-state index contributed by atoms with van der Waals surface area (Å²) in [4.78, 5) is 24.6. The predicted molar refractivity (Wildman–Crippen MR) is 84.1 cm³/mol. The summed E-state index contributed by atoms with van der Waals surface area (Å²) in [5, 5.41) is 3.11. The van der Waals surface area contributed by atoms with Gasteiger partial charge in [0.1, 0.15) is 0 Å². The van der Waals surface area contributed by atoms with Gasteiger partial charge in [0.2, 0.25) is 11.8 Å². The number of carbonyl (C=O) groups is 2. The van der Waals surface area contributed by atoms with Gasteiger partial charge in [-0.3, -0.25) is 9.59 Å². The molecule has 1 aromatic rings. The highest BCUT2D eigenvalue weighted by Crippen LogP contribution is 2.28. The Morgan fingerprint density at radius 1 is 1.29 bits per heavy atom. The molecule has 0 unspecified atom stereocenters. The van der Waals surface area contributed by atoms with Crippen LogP contribution >= 0.6 is 12.2 Å². The molecule has 0 heterocycles. The summed E-state index contributed by atoms with van der Waals surface area (Å²) in [6.45, 7) is 0.936. The first-order chi connectivity index (χ1) is 10.1. The quantitative estimate of drug-likeness (QED) is 0.774. The van der Waals surface area contributed by atoms with Gasteiger partial charge >= 0.3 is 0 Å². The summed E-state index contributed by atoms with van der Waals surface area (Å²) >= 11 is 5.29. The molecule has 0 saturated heterocycles. The summed E-state index contributed by atoms with van der Waals surface area (Å²) < 4.78 is 0. The average molecular weight is 305 g/mol. The Labute approximate surface area is 129 Å². The molecule has 1 fully saturated rings. The van der Waals surface area contributed by atoms with E-state index in [4.69, 9.17) is 18.0 Å². The lowest BCUT2D eigenvalue weighted by Crippen LogP contribution is -2.44. The van der Waals surface area contributed by atoms with Gasteiger partial charge in [-0.15, -0.1) is 0 Å². The molecule has 0 aliphatic heterocycles. The van der Waals surface area contributed by atoms with Gasteiger partial charge < -0.3 is 16.0 Å². The molecule has 0 bridgehead atoms. The number of nitrogens with zero attached hydrogens (tertiary/aromatic N) is 1. The molecule has 0 spiro atoms. The van der Waals surface area contributed by atoms with Gasteiger partial charge in [-0.1, -0.05) is 30.3 Å². The summed E-state index contributed by atoms with van der Waals surface area (Å²) in [6, 6.07) is 9.76. The fraction of sp³-hybridized carbons (Fsp3) is 0.400. The van der Waals surface area contributed by atoms with Crippen LogP contribution in [0.3, 0.4) is 0 Å². The van der Waals surface area contributed by atoms with Crippen molar-refractivity contribution in [3.8, 4) is 0 Å². The Balaban J connectivity index is 1.97. The van der Waals surface area contributed by atoms with Crippen molar-refractivity contribution in [2.24, 2.45) is 11.7 Å². The lowest BCUT2D eigenvalue weighted by Gasteiger charge is -2.25. The normalized spacial score (nSPS) is 13.5. The van der Waals surface area contributed by atoms with Gasteiger partial charge in [0.15, 0.2) is 5.11 Å². The molecular formula is C15H19N3O2S. The van der Waals surface area contributed by atoms with E-state index in [0.29, 0.717) is 18.2 Å². The van der Waals surface area contributed by atoms with Crippen LogP contribution in [0.2, 0.25) is 0 Å². The molecule has 0 atom stereocenters. The molecular weight excluding hydrogens is 286 g/mol. The second kappa shape index (κ2) is 7.17. The van der Waals surface area contributed by atoms with Gasteiger partial charge in [0.25, 0.3) is 0 Å². The van der Waals surface area contributed by atoms with E-state index < -0.39 is 0 Å². The molecule has 1 aromatic carbocycles. The lowest BCUT2D eigenvalue weighted by atomic mass is 10.2. The number of hydrogen-bond donors (Lipinski definition) is 2. The monoisotopic (exact) mass is 305 g/mol. The zero-order chi connectivity index (χ0) is 15.2. The molecule has 2 amide bonds. The number of carbonyl (C=O) groups excluding carboxylic acids is 2. The largest absolute Gasteiger partial charge is 0.370 e. The SMILES string of the molecule is NC(=O)CCN(Cc1ccccc1)C(=S)NC(=O)C1CC1. The molecule has 0 aromatic heterocycles. The van der Waals surface area contributed by atoms with E-state index in [9.17, 15) is 9.59 Å². The molecule has 1 aliphatic rings. The third kappa shape index (κ3) is 5.15. The Hall–Kier alpha value is -1.95. The molecule has 21 heavy (non-hydrogen) atoms. The number of nitrogens with one attached hydrogen (secondary N) is 1. The van der Waals surface area contributed by atoms with Gasteiger partial charge in [-0.05, 0) is 30.6 Å². The standard InChI is InChI=1S/C15H19N3O2S/c16-13(19)8-9-18(10-11-4-2-1-3-5-11)15(21)17-14(20)12-6-7-12/h1-5,12H,6-10H2,(H2,16,19)(H,17,20,21). The Bertz CT molecular complexity index is 529. The van der Waals surface area contributed by atoms with Crippen molar-refractivity contribution in [1.82, 2.24) is 10.2 Å². The zero-order valence-electron chi connectivity index (χ0n) is 11.7. The van der Waals surface area contributed by atoms with Gasteiger partial charge in [0, 0.05) is 25.4 Å². The number of benzene rings is 1. The fourth-order valence-corrected chi connectivity index (χ4v) is 2.19. The summed E-state index contributed by atoms with van der Waals surface area (Å²) in [6.07, 6.45) is 2.05. The smallest absolute Gasteiger partial charge is 0.229 e. The maximum absolute atomic E-state index is 11.8. The van der Waals surface area contributed by atoms with Crippen LogP contribution in [0.15, 0.2) is 30.3 Å². The predicted octanol–water partition coefficient (Wildman–Crippen LogP) is 1.18. The van der Waals surface area contributed by atoms with Crippen molar-refractivity contribution >= 4 is 29.1 Å². The number of nitrogens with two attached hydrogens (primary N) is 1. The number of hydrogen-bond acceptors (Lipinski definition) is 3. The van der Waals surface area contributed by atoms with Crippen LogP contribution in [0.1, 0.15) is 24.8 Å². The summed E-state index contributed by atoms with van der Waals surface area (Å²) in [5.74, 6) is -0.320. The van der Waals surface area contributed by atoms with E-state index in [-0.39, 0.29) is 24.2 Å². The van der Waals surface area contributed by atoms with Crippen LogP contribution in [0, 0.1) is 5.92 Å². The Morgan fingerprint density at radius 3 is 2.52 bits per heavy atom. The molecule has 5 nitrogen and oxygen atoms in total. The maximum Gasteiger partial charge on any atom is 0.229 e. The molecule has 2 rings (SSSR count). The van der Waals surface area contributed by atoms with E-state index in [1.54, 1.807) is 4.90 Å². The highest BCUT2D eigenvalue weighted by molar-refractivity contribution is 7.80. The van der Waals surface area contributed by atoms with Crippen LogP contribution in [0.4, 0.5) is 0 Å². The summed E-state index contributed by atoms with van der Waals surface area (Å²) in [7, 11) is 0. The molecule has 6 heteroatoms. The van der Waals surface area contributed by atoms with Crippen LogP contribution in [-0.4, -0.2) is 28.4 Å². The van der Waals surface area contributed by atoms with Crippen molar-refractivity contribution in [2.45, 2.75) is 25.8 Å². The van der Waals surface area contributed by atoms with Crippen molar-refractivity contribution in [1.29, 1.82) is 0 Å². The third-order valence-corrected chi connectivity index (χ3v) is 3.67. The maximum atomic E-state index is 11.8. The molecule has 1 saturated carbocycles. The van der Waals surface area contributed by atoms with Gasteiger partial charge in [-0.2, -0.15) is 0 Å². The first-order valence-corrected chi connectivity index (χ1v) is 7.39. The van der Waals surface area contributed by atoms with Crippen LogP contribution in [-0.2, 0) is 16.1 Å². The minimum absolute atomic E-state index is 0.0304. The molecule has 0 radical (unpaired) electrons. The van der Waals surface area contributed by atoms with E-state index >= 15 is 0 Å². The van der Waals surface area contributed by atoms with Crippen LogP contribution in [0.5, 0.6) is 0 Å². The lowest BCUT2D eigenvalue weighted by molar-refractivity contribution is -0.121.